The van der Waals surface area contributed by atoms with Gasteiger partial charge in [-0.2, -0.15) is 0 Å². The van der Waals surface area contributed by atoms with Crippen molar-refractivity contribution >= 4 is 11.9 Å². The summed E-state index contributed by atoms with van der Waals surface area (Å²) in [5.41, 5.74) is 0. The van der Waals surface area contributed by atoms with Crippen molar-refractivity contribution in [2.24, 2.45) is 11.8 Å². The molecule has 5 heteroatoms. The molecule has 1 fully saturated rings. The van der Waals surface area contributed by atoms with Gasteiger partial charge >= 0.3 is 5.97 Å². The maximum atomic E-state index is 12.0. The zero-order valence-electron chi connectivity index (χ0n) is 12.2. The van der Waals surface area contributed by atoms with E-state index in [-0.39, 0.29) is 23.7 Å². The molecule has 0 aromatic rings. The fraction of sp³-hybridized carbons (Fsp3) is 0.857. The summed E-state index contributed by atoms with van der Waals surface area (Å²) < 4.78 is 10.0. The fourth-order valence-electron chi connectivity index (χ4n) is 2.40. The number of ether oxygens (including phenoxy) is 2. The van der Waals surface area contributed by atoms with Gasteiger partial charge in [0, 0.05) is 33.2 Å². The maximum Gasteiger partial charge on any atom is 0.309 e. The maximum absolute atomic E-state index is 12.0. The fourth-order valence-corrected chi connectivity index (χ4v) is 2.40. The van der Waals surface area contributed by atoms with E-state index in [1.165, 1.54) is 0 Å². The number of hydrogen-bond acceptors (Lipinski definition) is 4. The summed E-state index contributed by atoms with van der Waals surface area (Å²) in [4.78, 5) is 25.5. The molecule has 1 aliphatic heterocycles. The van der Waals surface area contributed by atoms with E-state index in [1.807, 2.05) is 18.7 Å². The largest absolute Gasteiger partial charge is 0.466 e. The molecule has 19 heavy (non-hydrogen) atoms. The van der Waals surface area contributed by atoms with E-state index in [0.29, 0.717) is 45.6 Å². The summed E-state index contributed by atoms with van der Waals surface area (Å²) in [6.45, 7) is 6.15. The highest BCUT2D eigenvalue weighted by atomic mass is 16.5. The lowest BCUT2D eigenvalue weighted by molar-refractivity contribution is -0.151. The van der Waals surface area contributed by atoms with Crippen molar-refractivity contribution in [3.8, 4) is 0 Å². The summed E-state index contributed by atoms with van der Waals surface area (Å²) in [5.74, 6) is 0.231. The van der Waals surface area contributed by atoms with Crippen LogP contribution in [0.5, 0.6) is 0 Å². The molecule has 1 amide bonds. The highest BCUT2D eigenvalue weighted by molar-refractivity contribution is 5.77. The lowest BCUT2D eigenvalue weighted by Gasteiger charge is -2.31. The van der Waals surface area contributed by atoms with Gasteiger partial charge in [-0.15, -0.1) is 0 Å². The number of rotatable bonds is 6. The molecule has 1 rings (SSSR count). The van der Waals surface area contributed by atoms with E-state index < -0.39 is 0 Å². The van der Waals surface area contributed by atoms with Crippen LogP contribution < -0.4 is 0 Å². The molecule has 1 saturated heterocycles. The highest BCUT2D eigenvalue weighted by Gasteiger charge is 2.28. The summed E-state index contributed by atoms with van der Waals surface area (Å²) in [6.07, 6.45) is 1.93. The third-order valence-electron chi connectivity index (χ3n) is 3.44. The first-order valence-electron chi connectivity index (χ1n) is 7.01. The van der Waals surface area contributed by atoms with E-state index in [1.54, 1.807) is 7.11 Å². The highest BCUT2D eigenvalue weighted by Crippen LogP contribution is 2.20. The summed E-state index contributed by atoms with van der Waals surface area (Å²) in [7, 11) is 1.64. The van der Waals surface area contributed by atoms with Gasteiger partial charge in [-0.3, -0.25) is 9.59 Å². The molecule has 5 nitrogen and oxygen atoms in total. The molecule has 1 aliphatic rings. The van der Waals surface area contributed by atoms with Crippen molar-refractivity contribution in [3.63, 3.8) is 0 Å². The second kappa shape index (κ2) is 8.15. The molecule has 0 saturated carbocycles. The van der Waals surface area contributed by atoms with E-state index in [4.69, 9.17) is 9.47 Å². The molecule has 1 atom stereocenters. The van der Waals surface area contributed by atoms with Crippen LogP contribution in [0.2, 0.25) is 0 Å². The Morgan fingerprint density at radius 2 is 1.95 bits per heavy atom. The Bertz CT molecular complexity index is 298. The predicted octanol–water partition coefficient (Wildman–Crippen LogP) is 1.46. The topological polar surface area (TPSA) is 55.8 Å². The second-order valence-corrected chi connectivity index (χ2v) is 5.17. The molecule has 0 spiro atoms. The zero-order valence-corrected chi connectivity index (χ0v) is 12.2. The Kier molecular flexibility index (Phi) is 6.84. The van der Waals surface area contributed by atoms with Crippen molar-refractivity contribution in [2.45, 2.75) is 33.1 Å². The lowest BCUT2D eigenvalue weighted by Crippen LogP contribution is -2.41. The van der Waals surface area contributed by atoms with Gasteiger partial charge in [-0.1, -0.05) is 6.92 Å². The number of hydrogen-bond donors (Lipinski definition) is 0. The monoisotopic (exact) mass is 271 g/mol. The lowest BCUT2D eigenvalue weighted by atomic mass is 9.96. The molecule has 1 unspecified atom stereocenters. The van der Waals surface area contributed by atoms with Gasteiger partial charge in [-0.05, 0) is 25.7 Å². The Morgan fingerprint density at radius 3 is 2.47 bits per heavy atom. The van der Waals surface area contributed by atoms with Gasteiger partial charge in [0.2, 0.25) is 5.91 Å². The van der Waals surface area contributed by atoms with Gasteiger partial charge in [0.05, 0.1) is 12.5 Å². The second-order valence-electron chi connectivity index (χ2n) is 5.17. The van der Waals surface area contributed by atoms with Gasteiger partial charge in [0.1, 0.15) is 0 Å². The van der Waals surface area contributed by atoms with Gasteiger partial charge in [0.15, 0.2) is 0 Å². The quantitative estimate of drug-likeness (QED) is 0.686. The summed E-state index contributed by atoms with van der Waals surface area (Å²) in [6, 6.07) is 0. The number of likely N-dealkylation sites (tertiary alicyclic amines) is 1. The van der Waals surface area contributed by atoms with Crippen molar-refractivity contribution in [3.05, 3.63) is 0 Å². The third-order valence-corrected chi connectivity index (χ3v) is 3.44. The van der Waals surface area contributed by atoms with Crippen LogP contribution in [-0.2, 0) is 19.1 Å². The number of amides is 1. The van der Waals surface area contributed by atoms with Gasteiger partial charge < -0.3 is 14.4 Å². The Labute approximate surface area is 115 Å². The van der Waals surface area contributed by atoms with E-state index in [9.17, 15) is 9.59 Å². The average Bonchev–Trinajstić information content (AvgIpc) is 2.39. The van der Waals surface area contributed by atoms with Gasteiger partial charge in [-0.25, -0.2) is 0 Å². The van der Waals surface area contributed by atoms with Gasteiger partial charge in [0.25, 0.3) is 0 Å². The molecule has 0 bridgehead atoms. The number of carbonyl (C=O) groups excluding carboxylic acids is 2. The molecule has 0 aromatic carbocycles. The molecule has 0 aliphatic carbocycles. The summed E-state index contributed by atoms with van der Waals surface area (Å²) >= 11 is 0. The minimum atomic E-state index is -0.123. The van der Waals surface area contributed by atoms with Crippen molar-refractivity contribution in [1.82, 2.24) is 4.90 Å². The van der Waals surface area contributed by atoms with E-state index in [2.05, 4.69) is 0 Å². The number of methoxy groups -OCH3 is 1. The van der Waals surface area contributed by atoms with E-state index in [0.717, 1.165) is 0 Å². The van der Waals surface area contributed by atoms with Crippen LogP contribution in [-0.4, -0.2) is 50.2 Å². The standard InChI is InChI=1S/C14H25NO4/c1-4-19-14(17)12-5-7-15(8-6-12)13(16)9-11(2)10-18-3/h11-12H,4-10H2,1-3H3. The smallest absolute Gasteiger partial charge is 0.309 e. The minimum Gasteiger partial charge on any atom is -0.466 e. The van der Waals surface area contributed by atoms with Crippen LogP contribution in [0.25, 0.3) is 0 Å². The van der Waals surface area contributed by atoms with Crippen molar-refractivity contribution in [1.29, 1.82) is 0 Å². The molecular weight excluding hydrogens is 246 g/mol. The first kappa shape index (κ1) is 16.0. The Hall–Kier alpha value is -1.10. The first-order chi connectivity index (χ1) is 9.08. The zero-order chi connectivity index (χ0) is 14.3. The number of carbonyl (C=O) groups is 2. The molecule has 1 heterocycles. The molecule has 0 aromatic heterocycles. The van der Waals surface area contributed by atoms with Crippen LogP contribution in [0, 0.1) is 11.8 Å². The van der Waals surface area contributed by atoms with Crippen molar-refractivity contribution < 1.29 is 19.1 Å². The third kappa shape index (κ3) is 5.19. The number of esters is 1. The van der Waals surface area contributed by atoms with Crippen LogP contribution in [0.1, 0.15) is 33.1 Å². The molecule has 0 radical (unpaired) electrons. The molecule has 0 N–H and O–H groups in total. The number of nitrogens with zero attached hydrogens (tertiary/aromatic N) is 1. The van der Waals surface area contributed by atoms with Crippen LogP contribution in [0.3, 0.4) is 0 Å². The average molecular weight is 271 g/mol. The SMILES string of the molecule is CCOC(=O)C1CCN(C(=O)CC(C)COC)CC1. The Balaban J connectivity index is 2.32. The normalized spacial score (nSPS) is 18.2. The number of piperidine rings is 1. The van der Waals surface area contributed by atoms with Crippen LogP contribution in [0.15, 0.2) is 0 Å². The Morgan fingerprint density at radius 1 is 1.32 bits per heavy atom. The predicted molar refractivity (Wildman–Crippen MR) is 71.6 cm³/mol. The van der Waals surface area contributed by atoms with E-state index >= 15 is 0 Å². The first-order valence-corrected chi connectivity index (χ1v) is 7.01. The molecule has 110 valence electrons. The van der Waals surface area contributed by atoms with Crippen LogP contribution in [0.4, 0.5) is 0 Å². The van der Waals surface area contributed by atoms with Crippen LogP contribution >= 0.6 is 0 Å². The van der Waals surface area contributed by atoms with Crippen molar-refractivity contribution in [2.75, 3.05) is 33.4 Å². The molecular formula is C14H25NO4. The minimum absolute atomic E-state index is 0.0413. The summed E-state index contributed by atoms with van der Waals surface area (Å²) in [5, 5.41) is 0.